The molecule has 0 unspecified atom stereocenters. The monoisotopic (exact) mass is 241 g/mol. The van der Waals surface area contributed by atoms with E-state index in [-0.39, 0.29) is 19.1 Å². The second kappa shape index (κ2) is 4.82. The van der Waals surface area contributed by atoms with Crippen molar-refractivity contribution >= 4 is 17.4 Å². The number of carbonyl (C=O) groups is 1. The molecule has 0 saturated heterocycles. The standard InChI is InChI=1S/C11H12ClNO3/c1-13-4-10(14)8-3-11-7(2-9(8)12)5-15-6-16-11/h2-3,13H,4-6H2,1H3. The van der Waals surface area contributed by atoms with Crippen LogP contribution in [0.25, 0.3) is 0 Å². The molecule has 1 aliphatic heterocycles. The van der Waals surface area contributed by atoms with Crippen LogP contribution in [0, 0.1) is 0 Å². The van der Waals surface area contributed by atoms with Crippen molar-refractivity contribution in [2.75, 3.05) is 20.4 Å². The zero-order valence-electron chi connectivity index (χ0n) is 8.88. The number of ether oxygens (including phenoxy) is 2. The van der Waals surface area contributed by atoms with Crippen LogP contribution >= 0.6 is 11.6 Å². The molecular weight excluding hydrogens is 230 g/mol. The van der Waals surface area contributed by atoms with Crippen LogP contribution in [0.2, 0.25) is 5.02 Å². The van der Waals surface area contributed by atoms with Crippen molar-refractivity contribution in [2.45, 2.75) is 6.61 Å². The summed E-state index contributed by atoms with van der Waals surface area (Å²) in [7, 11) is 1.72. The third-order valence-electron chi connectivity index (χ3n) is 2.34. The lowest BCUT2D eigenvalue weighted by molar-refractivity contribution is -0.0164. The van der Waals surface area contributed by atoms with E-state index >= 15 is 0 Å². The summed E-state index contributed by atoms with van der Waals surface area (Å²) in [5.74, 6) is 0.625. The van der Waals surface area contributed by atoms with Crippen LogP contribution < -0.4 is 10.1 Å². The Balaban J connectivity index is 2.35. The molecule has 1 N–H and O–H groups in total. The Hall–Kier alpha value is -1.10. The van der Waals surface area contributed by atoms with E-state index in [1.54, 1.807) is 19.2 Å². The topological polar surface area (TPSA) is 47.6 Å². The van der Waals surface area contributed by atoms with Gasteiger partial charge in [-0.2, -0.15) is 0 Å². The minimum Gasteiger partial charge on any atom is -0.467 e. The van der Waals surface area contributed by atoms with Crippen molar-refractivity contribution in [3.63, 3.8) is 0 Å². The number of carbonyl (C=O) groups excluding carboxylic acids is 1. The molecule has 0 spiro atoms. The molecule has 0 amide bonds. The highest BCUT2D eigenvalue weighted by molar-refractivity contribution is 6.34. The summed E-state index contributed by atoms with van der Waals surface area (Å²) in [6, 6.07) is 3.40. The molecular formula is C11H12ClNO3. The number of hydrogen-bond donors (Lipinski definition) is 1. The molecule has 16 heavy (non-hydrogen) atoms. The van der Waals surface area contributed by atoms with Crippen LogP contribution in [0.1, 0.15) is 15.9 Å². The number of nitrogens with one attached hydrogen (secondary N) is 1. The van der Waals surface area contributed by atoms with Gasteiger partial charge in [0.1, 0.15) is 5.75 Å². The van der Waals surface area contributed by atoms with Crippen LogP contribution in [0.4, 0.5) is 0 Å². The first-order valence-electron chi connectivity index (χ1n) is 4.93. The van der Waals surface area contributed by atoms with E-state index in [0.717, 1.165) is 5.56 Å². The molecule has 0 atom stereocenters. The smallest absolute Gasteiger partial charge is 0.189 e. The number of hydrogen-bond acceptors (Lipinski definition) is 4. The summed E-state index contributed by atoms with van der Waals surface area (Å²) in [6.45, 7) is 0.943. The zero-order valence-corrected chi connectivity index (χ0v) is 9.63. The fraction of sp³-hybridized carbons (Fsp3) is 0.364. The summed E-state index contributed by atoms with van der Waals surface area (Å²) in [4.78, 5) is 11.7. The van der Waals surface area contributed by atoms with Gasteiger partial charge >= 0.3 is 0 Å². The third-order valence-corrected chi connectivity index (χ3v) is 2.66. The molecule has 0 bridgehead atoms. The van der Waals surface area contributed by atoms with E-state index < -0.39 is 0 Å². The summed E-state index contributed by atoms with van der Waals surface area (Å²) in [5.41, 5.74) is 1.36. The van der Waals surface area contributed by atoms with Crippen molar-refractivity contribution < 1.29 is 14.3 Å². The number of halogens is 1. The van der Waals surface area contributed by atoms with Crippen molar-refractivity contribution in [1.29, 1.82) is 0 Å². The largest absolute Gasteiger partial charge is 0.467 e. The average Bonchev–Trinajstić information content (AvgIpc) is 2.28. The first-order valence-corrected chi connectivity index (χ1v) is 5.31. The molecule has 4 nitrogen and oxygen atoms in total. The molecule has 1 aromatic rings. The van der Waals surface area contributed by atoms with Gasteiger partial charge in [0.05, 0.1) is 18.2 Å². The van der Waals surface area contributed by atoms with E-state index in [4.69, 9.17) is 21.1 Å². The first-order chi connectivity index (χ1) is 7.72. The van der Waals surface area contributed by atoms with Gasteiger partial charge in [-0.05, 0) is 19.2 Å². The molecule has 5 heteroatoms. The minimum absolute atomic E-state index is 0.0506. The maximum absolute atomic E-state index is 11.7. The summed E-state index contributed by atoms with van der Waals surface area (Å²) < 4.78 is 10.4. The average molecular weight is 242 g/mol. The summed E-state index contributed by atoms with van der Waals surface area (Å²) in [6.07, 6.45) is 0. The van der Waals surface area contributed by atoms with Crippen molar-refractivity contribution in [3.8, 4) is 5.75 Å². The second-order valence-corrected chi connectivity index (χ2v) is 3.91. The highest BCUT2D eigenvalue weighted by Gasteiger charge is 2.17. The molecule has 0 aliphatic carbocycles. The quantitative estimate of drug-likeness (QED) is 0.817. The number of ketones is 1. The Morgan fingerprint density at radius 1 is 1.56 bits per heavy atom. The normalized spacial score (nSPS) is 14.1. The molecule has 1 aromatic carbocycles. The van der Waals surface area contributed by atoms with Gasteiger partial charge in [0.2, 0.25) is 0 Å². The highest BCUT2D eigenvalue weighted by atomic mass is 35.5. The Labute approximate surface area is 98.5 Å². The van der Waals surface area contributed by atoms with E-state index in [9.17, 15) is 4.79 Å². The first kappa shape index (κ1) is 11.4. The molecule has 1 heterocycles. The van der Waals surface area contributed by atoms with E-state index in [2.05, 4.69) is 5.32 Å². The predicted molar refractivity (Wildman–Crippen MR) is 60.0 cm³/mol. The van der Waals surface area contributed by atoms with Gasteiger partial charge in [-0.1, -0.05) is 11.6 Å². The molecule has 1 aliphatic rings. The number of likely N-dealkylation sites (N-methyl/N-ethyl adjacent to an activating group) is 1. The van der Waals surface area contributed by atoms with E-state index in [1.165, 1.54) is 0 Å². The molecule has 0 aromatic heterocycles. The fourth-order valence-corrected chi connectivity index (χ4v) is 1.86. The minimum atomic E-state index is -0.0506. The van der Waals surface area contributed by atoms with Gasteiger partial charge in [-0.3, -0.25) is 4.79 Å². The van der Waals surface area contributed by atoms with Crippen LogP contribution in [0.5, 0.6) is 5.75 Å². The number of Topliss-reactive ketones (excluding diaryl/α,β-unsaturated/α-hetero) is 1. The second-order valence-electron chi connectivity index (χ2n) is 3.50. The molecule has 0 radical (unpaired) electrons. The van der Waals surface area contributed by atoms with Gasteiger partial charge in [0.25, 0.3) is 0 Å². The van der Waals surface area contributed by atoms with Crippen LogP contribution in [0.15, 0.2) is 12.1 Å². The van der Waals surface area contributed by atoms with E-state index in [0.29, 0.717) is 22.9 Å². The lowest BCUT2D eigenvalue weighted by Gasteiger charge is -2.18. The Morgan fingerprint density at radius 3 is 3.12 bits per heavy atom. The lowest BCUT2D eigenvalue weighted by atomic mass is 10.1. The zero-order chi connectivity index (χ0) is 11.5. The number of fused-ring (bicyclic) bond motifs is 1. The third kappa shape index (κ3) is 2.19. The Morgan fingerprint density at radius 2 is 2.38 bits per heavy atom. The van der Waals surface area contributed by atoms with Crippen LogP contribution in [-0.2, 0) is 11.3 Å². The van der Waals surface area contributed by atoms with Gasteiger partial charge < -0.3 is 14.8 Å². The SMILES string of the molecule is CNCC(=O)c1cc2c(cc1Cl)COCO2. The maximum Gasteiger partial charge on any atom is 0.189 e. The fourth-order valence-electron chi connectivity index (χ4n) is 1.57. The van der Waals surface area contributed by atoms with Crippen LogP contribution in [0.3, 0.4) is 0 Å². The molecule has 0 saturated carbocycles. The Kier molecular flexibility index (Phi) is 3.43. The van der Waals surface area contributed by atoms with Gasteiger partial charge in [0, 0.05) is 11.1 Å². The summed E-state index contributed by atoms with van der Waals surface area (Å²) >= 11 is 6.03. The number of benzene rings is 1. The van der Waals surface area contributed by atoms with E-state index in [1.807, 2.05) is 0 Å². The summed E-state index contributed by atoms with van der Waals surface area (Å²) in [5, 5.41) is 3.24. The van der Waals surface area contributed by atoms with Crippen LogP contribution in [-0.4, -0.2) is 26.2 Å². The molecule has 0 fully saturated rings. The van der Waals surface area contributed by atoms with Crippen molar-refractivity contribution in [3.05, 3.63) is 28.3 Å². The van der Waals surface area contributed by atoms with Gasteiger partial charge in [0.15, 0.2) is 12.6 Å². The lowest BCUT2D eigenvalue weighted by Crippen LogP contribution is -2.20. The Bertz CT molecular complexity index is 420. The molecule has 86 valence electrons. The van der Waals surface area contributed by atoms with Gasteiger partial charge in [-0.25, -0.2) is 0 Å². The predicted octanol–water partition coefficient (Wildman–Crippen LogP) is 1.61. The maximum atomic E-state index is 11.7. The highest BCUT2D eigenvalue weighted by Crippen LogP contribution is 2.30. The van der Waals surface area contributed by atoms with Crippen molar-refractivity contribution in [1.82, 2.24) is 5.32 Å². The molecule has 2 rings (SSSR count). The number of rotatable bonds is 3. The van der Waals surface area contributed by atoms with Crippen molar-refractivity contribution in [2.24, 2.45) is 0 Å². The van der Waals surface area contributed by atoms with Gasteiger partial charge in [-0.15, -0.1) is 0 Å².